The molecular formula is C19H26N4. The van der Waals surface area contributed by atoms with Crippen molar-refractivity contribution in [2.24, 2.45) is 0 Å². The summed E-state index contributed by atoms with van der Waals surface area (Å²) in [5.74, 6) is 1.74. The number of nitrogens with one attached hydrogen (secondary N) is 1. The third-order valence-electron chi connectivity index (χ3n) is 4.38. The molecule has 1 aliphatic rings. The van der Waals surface area contributed by atoms with Crippen LogP contribution in [0.1, 0.15) is 42.5 Å². The summed E-state index contributed by atoms with van der Waals surface area (Å²) in [6.07, 6.45) is 5.10. The molecule has 122 valence electrons. The molecule has 0 amide bonds. The van der Waals surface area contributed by atoms with E-state index in [1.165, 1.54) is 36.8 Å². The Balaban J connectivity index is 1.84. The Morgan fingerprint density at radius 3 is 2.35 bits per heavy atom. The molecule has 1 saturated heterocycles. The standard InChI is InChI=1S/C19H26N4/c1-14-8-9-17(15(2)12-14)21-18-13-16(3)20-19(22-18)23-10-6-4-5-7-11-23/h8-9,12-13H,4-7,10-11H2,1-3H3,(H,20,21,22). The molecule has 2 heterocycles. The van der Waals surface area contributed by atoms with Gasteiger partial charge in [-0.1, -0.05) is 30.5 Å². The van der Waals surface area contributed by atoms with Crippen LogP contribution in [0.4, 0.5) is 17.5 Å². The number of aromatic nitrogens is 2. The highest BCUT2D eigenvalue weighted by Crippen LogP contribution is 2.23. The van der Waals surface area contributed by atoms with E-state index in [9.17, 15) is 0 Å². The van der Waals surface area contributed by atoms with Gasteiger partial charge in [0.1, 0.15) is 5.82 Å². The first-order chi connectivity index (χ1) is 11.1. The molecular weight excluding hydrogens is 284 g/mol. The summed E-state index contributed by atoms with van der Waals surface area (Å²) in [6.45, 7) is 8.40. The van der Waals surface area contributed by atoms with Crippen LogP contribution in [0.25, 0.3) is 0 Å². The third kappa shape index (κ3) is 4.01. The number of nitrogens with zero attached hydrogens (tertiary/aromatic N) is 3. The lowest BCUT2D eigenvalue weighted by Gasteiger charge is -2.21. The van der Waals surface area contributed by atoms with Crippen molar-refractivity contribution < 1.29 is 0 Å². The van der Waals surface area contributed by atoms with Crippen LogP contribution in [-0.2, 0) is 0 Å². The Hall–Kier alpha value is -2.10. The van der Waals surface area contributed by atoms with E-state index in [1.807, 2.05) is 13.0 Å². The molecule has 1 N–H and O–H groups in total. The maximum Gasteiger partial charge on any atom is 0.227 e. The minimum absolute atomic E-state index is 0.860. The van der Waals surface area contributed by atoms with Crippen molar-refractivity contribution in [3.8, 4) is 0 Å². The minimum atomic E-state index is 0.860. The van der Waals surface area contributed by atoms with Crippen molar-refractivity contribution in [3.05, 3.63) is 41.1 Å². The molecule has 0 unspecified atom stereocenters. The van der Waals surface area contributed by atoms with Crippen LogP contribution in [0.3, 0.4) is 0 Å². The molecule has 0 radical (unpaired) electrons. The predicted molar refractivity (Wildman–Crippen MR) is 96.6 cm³/mol. The second-order valence-corrected chi connectivity index (χ2v) is 6.54. The zero-order valence-electron chi connectivity index (χ0n) is 14.4. The lowest BCUT2D eigenvalue weighted by molar-refractivity contribution is 0.726. The van der Waals surface area contributed by atoms with Crippen LogP contribution < -0.4 is 10.2 Å². The van der Waals surface area contributed by atoms with E-state index in [1.54, 1.807) is 0 Å². The fourth-order valence-electron chi connectivity index (χ4n) is 3.12. The molecule has 1 aliphatic heterocycles. The largest absolute Gasteiger partial charge is 0.341 e. The molecule has 0 saturated carbocycles. The monoisotopic (exact) mass is 310 g/mol. The van der Waals surface area contributed by atoms with Gasteiger partial charge in [0.2, 0.25) is 5.95 Å². The number of rotatable bonds is 3. The highest BCUT2D eigenvalue weighted by atomic mass is 15.3. The molecule has 4 heteroatoms. The number of hydrogen-bond donors (Lipinski definition) is 1. The SMILES string of the molecule is Cc1ccc(Nc2cc(C)nc(N3CCCCCC3)n2)c(C)c1. The molecule has 1 aromatic heterocycles. The van der Waals surface area contributed by atoms with Crippen molar-refractivity contribution in [2.75, 3.05) is 23.3 Å². The van der Waals surface area contributed by atoms with Crippen molar-refractivity contribution in [1.82, 2.24) is 9.97 Å². The lowest BCUT2D eigenvalue weighted by Crippen LogP contribution is -2.26. The smallest absolute Gasteiger partial charge is 0.227 e. The molecule has 23 heavy (non-hydrogen) atoms. The van der Waals surface area contributed by atoms with Gasteiger partial charge >= 0.3 is 0 Å². The minimum Gasteiger partial charge on any atom is -0.341 e. The summed E-state index contributed by atoms with van der Waals surface area (Å²) in [6, 6.07) is 8.44. The van der Waals surface area contributed by atoms with Gasteiger partial charge in [-0.25, -0.2) is 4.98 Å². The Kier molecular flexibility index (Phi) is 4.79. The highest BCUT2D eigenvalue weighted by molar-refractivity contribution is 5.62. The Bertz CT molecular complexity index is 673. The predicted octanol–water partition coefficient (Wildman–Crippen LogP) is 4.53. The fraction of sp³-hybridized carbons (Fsp3) is 0.474. The first-order valence-electron chi connectivity index (χ1n) is 8.57. The van der Waals surface area contributed by atoms with Crippen LogP contribution in [-0.4, -0.2) is 23.1 Å². The van der Waals surface area contributed by atoms with Gasteiger partial charge in [0.05, 0.1) is 0 Å². The first-order valence-corrected chi connectivity index (χ1v) is 8.57. The van der Waals surface area contributed by atoms with Gasteiger partial charge in [-0.3, -0.25) is 0 Å². The number of benzene rings is 1. The van der Waals surface area contributed by atoms with Crippen LogP contribution in [0.2, 0.25) is 0 Å². The zero-order chi connectivity index (χ0) is 16.2. The van der Waals surface area contributed by atoms with Gasteiger partial charge < -0.3 is 10.2 Å². The van der Waals surface area contributed by atoms with E-state index in [0.717, 1.165) is 36.2 Å². The second-order valence-electron chi connectivity index (χ2n) is 6.54. The van der Waals surface area contributed by atoms with Crippen molar-refractivity contribution in [3.63, 3.8) is 0 Å². The van der Waals surface area contributed by atoms with Gasteiger partial charge in [-0.2, -0.15) is 4.98 Å². The quantitative estimate of drug-likeness (QED) is 0.904. The number of anilines is 3. The molecule has 4 nitrogen and oxygen atoms in total. The summed E-state index contributed by atoms with van der Waals surface area (Å²) in [7, 11) is 0. The van der Waals surface area contributed by atoms with Crippen LogP contribution in [0.15, 0.2) is 24.3 Å². The molecule has 0 spiro atoms. The molecule has 1 fully saturated rings. The molecule has 2 aromatic rings. The van der Waals surface area contributed by atoms with Crippen LogP contribution >= 0.6 is 0 Å². The summed E-state index contributed by atoms with van der Waals surface area (Å²) in [5.41, 5.74) is 4.62. The van der Waals surface area contributed by atoms with Gasteiger partial charge in [0.15, 0.2) is 0 Å². The van der Waals surface area contributed by atoms with Crippen LogP contribution in [0, 0.1) is 20.8 Å². The highest BCUT2D eigenvalue weighted by Gasteiger charge is 2.14. The average molecular weight is 310 g/mol. The van der Waals surface area contributed by atoms with Crippen molar-refractivity contribution >= 4 is 17.5 Å². The summed E-state index contributed by atoms with van der Waals surface area (Å²) in [4.78, 5) is 11.7. The molecule has 0 bridgehead atoms. The summed E-state index contributed by atoms with van der Waals surface area (Å²) in [5, 5.41) is 3.46. The van der Waals surface area contributed by atoms with E-state index in [-0.39, 0.29) is 0 Å². The first kappa shape index (κ1) is 15.8. The van der Waals surface area contributed by atoms with E-state index >= 15 is 0 Å². The summed E-state index contributed by atoms with van der Waals surface area (Å²) >= 11 is 0. The van der Waals surface area contributed by atoms with Crippen molar-refractivity contribution in [2.45, 2.75) is 46.5 Å². The molecule has 3 rings (SSSR count). The maximum absolute atomic E-state index is 4.76. The number of aryl methyl sites for hydroxylation is 3. The normalized spacial score (nSPS) is 15.3. The molecule has 1 aromatic carbocycles. The number of hydrogen-bond acceptors (Lipinski definition) is 4. The van der Waals surface area contributed by atoms with Crippen LogP contribution in [0.5, 0.6) is 0 Å². The van der Waals surface area contributed by atoms with Gasteiger partial charge in [0.25, 0.3) is 0 Å². The van der Waals surface area contributed by atoms with Gasteiger partial charge in [-0.05, 0) is 45.2 Å². The molecule has 0 aliphatic carbocycles. The Labute approximate surface area is 139 Å². The third-order valence-corrected chi connectivity index (χ3v) is 4.38. The van der Waals surface area contributed by atoms with E-state index in [0.29, 0.717) is 0 Å². The van der Waals surface area contributed by atoms with E-state index < -0.39 is 0 Å². The zero-order valence-corrected chi connectivity index (χ0v) is 14.4. The van der Waals surface area contributed by atoms with Gasteiger partial charge in [0, 0.05) is 30.5 Å². The van der Waals surface area contributed by atoms with Gasteiger partial charge in [-0.15, -0.1) is 0 Å². The van der Waals surface area contributed by atoms with E-state index in [4.69, 9.17) is 4.98 Å². The summed E-state index contributed by atoms with van der Waals surface area (Å²) < 4.78 is 0. The van der Waals surface area contributed by atoms with Crippen molar-refractivity contribution in [1.29, 1.82) is 0 Å². The Morgan fingerprint density at radius 1 is 0.913 bits per heavy atom. The Morgan fingerprint density at radius 2 is 1.65 bits per heavy atom. The second kappa shape index (κ2) is 6.99. The maximum atomic E-state index is 4.76. The lowest BCUT2D eigenvalue weighted by atomic mass is 10.1. The van der Waals surface area contributed by atoms with E-state index in [2.05, 4.69) is 47.2 Å². The fourth-order valence-corrected chi connectivity index (χ4v) is 3.12. The average Bonchev–Trinajstić information content (AvgIpc) is 2.79. The topological polar surface area (TPSA) is 41.1 Å². The molecule has 0 atom stereocenters.